The molecule has 0 spiro atoms. The largest absolute Gasteiger partial charge is 0.481 e. The molecule has 2 heterocycles. The fraction of sp³-hybridized carbons (Fsp3) is 0.200. The van der Waals surface area contributed by atoms with E-state index in [1.807, 2.05) is 19.1 Å². The zero-order valence-electron chi connectivity index (χ0n) is 10.9. The van der Waals surface area contributed by atoms with E-state index >= 15 is 0 Å². The molecule has 1 aromatic heterocycles. The molecule has 0 fully saturated rings. The Morgan fingerprint density at radius 1 is 1.25 bits per heavy atom. The second-order valence-electron chi connectivity index (χ2n) is 4.78. The lowest BCUT2D eigenvalue weighted by Crippen LogP contribution is -2.30. The molecule has 0 saturated carbocycles. The maximum Gasteiger partial charge on any atom is 0.312 e. The van der Waals surface area contributed by atoms with Gasteiger partial charge in [-0.1, -0.05) is 18.2 Å². The average molecular weight is 287 g/mol. The molecule has 1 aliphatic rings. The Morgan fingerprint density at radius 3 is 2.65 bits per heavy atom. The van der Waals surface area contributed by atoms with E-state index in [9.17, 15) is 14.7 Å². The molecule has 1 atom stereocenters. The molecule has 5 heteroatoms. The number of benzene rings is 1. The van der Waals surface area contributed by atoms with Crippen molar-refractivity contribution in [2.45, 2.75) is 12.8 Å². The number of anilines is 1. The van der Waals surface area contributed by atoms with E-state index in [2.05, 4.69) is 0 Å². The monoisotopic (exact) mass is 287 g/mol. The minimum atomic E-state index is -0.893. The van der Waals surface area contributed by atoms with Crippen molar-refractivity contribution in [2.24, 2.45) is 0 Å². The second-order valence-corrected chi connectivity index (χ2v) is 6.06. The molecule has 2 aromatic rings. The lowest BCUT2D eigenvalue weighted by molar-refractivity contribution is -0.138. The van der Waals surface area contributed by atoms with Crippen LogP contribution in [0.3, 0.4) is 0 Å². The number of fused-ring (bicyclic) bond motifs is 1. The summed E-state index contributed by atoms with van der Waals surface area (Å²) in [5.41, 5.74) is 1.41. The molecule has 1 N–H and O–H groups in total. The average Bonchev–Trinajstić information content (AvgIpc) is 3.02. The van der Waals surface area contributed by atoms with E-state index in [1.165, 1.54) is 11.3 Å². The molecule has 0 saturated heterocycles. The van der Waals surface area contributed by atoms with Crippen molar-refractivity contribution in [3.8, 4) is 0 Å². The molecule has 1 amide bonds. The maximum absolute atomic E-state index is 12.5. The number of hydrogen-bond donors (Lipinski definition) is 1. The van der Waals surface area contributed by atoms with E-state index < -0.39 is 11.9 Å². The Morgan fingerprint density at radius 2 is 2.00 bits per heavy atom. The van der Waals surface area contributed by atoms with Crippen molar-refractivity contribution in [1.29, 1.82) is 0 Å². The number of carboxylic acids is 1. The van der Waals surface area contributed by atoms with E-state index in [4.69, 9.17) is 0 Å². The fourth-order valence-electron chi connectivity index (χ4n) is 2.49. The molecule has 0 bridgehead atoms. The number of aryl methyl sites for hydroxylation is 1. The Hall–Kier alpha value is -2.14. The molecule has 1 aliphatic heterocycles. The Labute approximate surface area is 120 Å². The summed E-state index contributed by atoms with van der Waals surface area (Å²) in [6.07, 6.45) is 0. The zero-order chi connectivity index (χ0) is 14.3. The van der Waals surface area contributed by atoms with Crippen molar-refractivity contribution >= 4 is 28.9 Å². The van der Waals surface area contributed by atoms with Crippen LogP contribution in [0.5, 0.6) is 0 Å². The minimum Gasteiger partial charge on any atom is -0.481 e. The highest BCUT2D eigenvalue weighted by Crippen LogP contribution is 2.37. The third-order valence-electron chi connectivity index (χ3n) is 3.46. The van der Waals surface area contributed by atoms with Crippen molar-refractivity contribution in [3.63, 3.8) is 0 Å². The van der Waals surface area contributed by atoms with Crippen LogP contribution in [0.15, 0.2) is 36.4 Å². The van der Waals surface area contributed by atoms with Gasteiger partial charge in [0.1, 0.15) is 5.92 Å². The van der Waals surface area contributed by atoms with Crippen LogP contribution in [0, 0.1) is 6.92 Å². The van der Waals surface area contributed by atoms with Gasteiger partial charge in [0.2, 0.25) is 0 Å². The number of rotatable bonds is 2. The first-order chi connectivity index (χ1) is 9.58. The van der Waals surface area contributed by atoms with Gasteiger partial charge in [0.15, 0.2) is 0 Å². The Kier molecular flexibility index (Phi) is 3.06. The zero-order valence-corrected chi connectivity index (χ0v) is 11.7. The van der Waals surface area contributed by atoms with Crippen LogP contribution in [-0.2, 0) is 4.79 Å². The molecule has 1 aromatic carbocycles. The highest BCUT2D eigenvalue weighted by Gasteiger charge is 2.36. The topological polar surface area (TPSA) is 57.6 Å². The predicted octanol–water partition coefficient (Wildman–Crippen LogP) is 2.89. The van der Waals surface area contributed by atoms with Gasteiger partial charge in [-0.05, 0) is 30.7 Å². The number of amides is 1. The summed E-state index contributed by atoms with van der Waals surface area (Å²) in [6.45, 7) is 2.14. The first-order valence-corrected chi connectivity index (χ1v) is 7.09. The van der Waals surface area contributed by atoms with Crippen LogP contribution >= 0.6 is 11.3 Å². The molecular formula is C15H13NO3S. The van der Waals surface area contributed by atoms with Gasteiger partial charge in [-0.25, -0.2) is 0 Å². The smallest absolute Gasteiger partial charge is 0.312 e. The summed E-state index contributed by atoms with van der Waals surface area (Å²) in [5.74, 6) is -1.66. The molecule has 0 aliphatic carbocycles. The van der Waals surface area contributed by atoms with Crippen LogP contribution in [0.4, 0.5) is 5.69 Å². The summed E-state index contributed by atoms with van der Waals surface area (Å²) >= 11 is 1.43. The van der Waals surface area contributed by atoms with Crippen LogP contribution in [-0.4, -0.2) is 23.5 Å². The van der Waals surface area contributed by atoms with E-state index in [0.29, 0.717) is 16.1 Å². The highest BCUT2D eigenvalue weighted by molar-refractivity contribution is 7.14. The molecule has 1 unspecified atom stereocenters. The lowest BCUT2D eigenvalue weighted by atomic mass is 10.0. The van der Waals surface area contributed by atoms with Crippen LogP contribution in [0.2, 0.25) is 0 Å². The summed E-state index contributed by atoms with van der Waals surface area (Å²) < 4.78 is 0. The van der Waals surface area contributed by atoms with Crippen molar-refractivity contribution < 1.29 is 14.7 Å². The van der Waals surface area contributed by atoms with Gasteiger partial charge in [0.05, 0.1) is 4.88 Å². The molecule has 3 rings (SSSR count). The summed E-state index contributed by atoms with van der Waals surface area (Å²) in [6, 6.07) is 10.9. The Balaban J connectivity index is 2.00. The van der Waals surface area contributed by atoms with E-state index in [1.54, 1.807) is 29.2 Å². The van der Waals surface area contributed by atoms with Crippen LogP contribution in [0.1, 0.15) is 26.0 Å². The van der Waals surface area contributed by atoms with Gasteiger partial charge in [-0.15, -0.1) is 11.3 Å². The Bertz CT molecular complexity index is 692. The van der Waals surface area contributed by atoms with Crippen molar-refractivity contribution in [1.82, 2.24) is 0 Å². The summed E-state index contributed by atoms with van der Waals surface area (Å²) in [4.78, 5) is 27.1. The lowest BCUT2D eigenvalue weighted by Gasteiger charge is -2.16. The molecule has 4 nitrogen and oxygen atoms in total. The number of hydrogen-bond acceptors (Lipinski definition) is 3. The van der Waals surface area contributed by atoms with Crippen LogP contribution in [0.25, 0.3) is 0 Å². The third kappa shape index (κ3) is 2.00. The number of nitrogens with zero attached hydrogens (tertiary/aromatic N) is 1. The number of carboxylic acid groups (broad SMARTS) is 1. The fourth-order valence-corrected chi connectivity index (χ4v) is 3.31. The summed E-state index contributed by atoms with van der Waals surface area (Å²) in [7, 11) is 0. The number of para-hydroxylation sites is 1. The van der Waals surface area contributed by atoms with Crippen LogP contribution < -0.4 is 4.90 Å². The summed E-state index contributed by atoms with van der Waals surface area (Å²) in [5, 5.41) is 9.30. The number of thiophene rings is 1. The van der Waals surface area contributed by atoms with E-state index in [-0.39, 0.29) is 12.5 Å². The van der Waals surface area contributed by atoms with Gasteiger partial charge in [0.25, 0.3) is 5.91 Å². The number of aliphatic carboxylic acids is 1. The van der Waals surface area contributed by atoms with E-state index in [0.717, 1.165) is 4.88 Å². The molecule has 102 valence electrons. The van der Waals surface area contributed by atoms with Gasteiger partial charge in [-0.3, -0.25) is 9.59 Å². The predicted molar refractivity (Wildman–Crippen MR) is 77.6 cm³/mol. The SMILES string of the molecule is Cc1ccc(C(=O)N2CC(C(=O)O)c3ccccc32)s1. The van der Waals surface area contributed by atoms with Crippen molar-refractivity contribution in [3.05, 3.63) is 51.7 Å². The second kappa shape index (κ2) is 4.76. The number of carbonyl (C=O) groups excluding carboxylic acids is 1. The van der Waals surface area contributed by atoms with Gasteiger partial charge < -0.3 is 10.0 Å². The first-order valence-electron chi connectivity index (χ1n) is 6.28. The third-order valence-corrected chi connectivity index (χ3v) is 4.45. The minimum absolute atomic E-state index is 0.126. The first kappa shape index (κ1) is 12.9. The molecular weight excluding hydrogens is 274 g/mol. The maximum atomic E-state index is 12.5. The normalized spacial score (nSPS) is 17.1. The molecule has 20 heavy (non-hydrogen) atoms. The quantitative estimate of drug-likeness (QED) is 0.924. The van der Waals surface area contributed by atoms with Gasteiger partial charge in [0, 0.05) is 17.1 Å². The molecule has 0 radical (unpaired) electrons. The standard InChI is InChI=1S/C15H13NO3S/c1-9-6-7-13(20-9)14(17)16-8-11(15(18)19)10-4-2-3-5-12(10)16/h2-7,11H,8H2,1H3,(H,18,19). The van der Waals surface area contributed by atoms with Gasteiger partial charge in [-0.2, -0.15) is 0 Å². The number of carbonyl (C=O) groups is 2. The van der Waals surface area contributed by atoms with Gasteiger partial charge >= 0.3 is 5.97 Å². The highest BCUT2D eigenvalue weighted by atomic mass is 32.1. The van der Waals surface area contributed by atoms with Crippen molar-refractivity contribution in [2.75, 3.05) is 11.4 Å².